The smallest absolute Gasteiger partial charge is 0.301 e. The van der Waals surface area contributed by atoms with Crippen molar-refractivity contribution in [2.45, 2.75) is 4.90 Å². The fraction of sp³-hybridized carbons (Fsp3) is 0.250. The maximum atomic E-state index is 13.2. The summed E-state index contributed by atoms with van der Waals surface area (Å²) in [6.07, 6.45) is 0. The van der Waals surface area contributed by atoms with Gasteiger partial charge in [-0.05, 0) is 24.3 Å². The lowest BCUT2D eigenvalue weighted by Gasteiger charge is -2.26. The number of nitrogens with zero attached hydrogens (tertiary/aromatic N) is 4. The number of para-hydroxylation sites is 1. The van der Waals surface area contributed by atoms with E-state index < -0.39 is 15.6 Å². The summed E-state index contributed by atoms with van der Waals surface area (Å²) < 4.78 is 39.4. The molecule has 0 atom stereocenters. The summed E-state index contributed by atoms with van der Waals surface area (Å²) in [5, 5.41) is 10.8. The highest BCUT2D eigenvalue weighted by Gasteiger charge is 2.29. The summed E-state index contributed by atoms with van der Waals surface area (Å²) in [4.78, 5) is 12.7. The molecule has 2 heterocycles. The SMILES string of the molecule is COc1ccc(S(=O)(=O)N2CCOCC2)c(N=Nc2c(N)[nH]n(-c3ccccc3)c2=O)c1. The molecule has 1 fully saturated rings. The summed E-state index contributed by atoms with van der Waals surface area (Å²) in [6, 6.07) is 13.2. The van der Waals surface area contributed by atoms with Crippen LogP contribution in [-0.4, -0.2) is 55.9 Å². The first-order valence-corrected chi connectivity index (χ1v) is 11.2. The number of ether oxygens (including phenoxy) is 2. The van der Waals surface area contributed by atoms with Crippen molar-refractivity contribution in [3.05, 3.63) is 58.9 Å². The van der Waals surface area contributed by atoms with Crippen LogP contribution in [0.25, 0.3) is 5.69 Å². The minimum Gasteiger partial charge on any atom is -0.497 e. The van der Waals surface area contributed by atoms with Gasteiger partial charge in [0.1, 0.15) is 22.2 Å². The number of nitrogens with one attached hydrogen (secondary N) is 1. The fourth-order valence-electron chi connectivity index (χ4n) is 3.25. The van der Waals surface area contributed by atoms with Crippen molar-refractivity contribution in [3.63, 3.8) is 0 Å². The van der Waals surface area contributed by atoms with Gasteiger partial charge in [-0.3, -0.25) is 9.89 Å². The summed E-state index contributed by atoms with van der Waals surface area (Å²) in [5.74, 6) is 0.395. The number of nitrogens with two attached hydrogens (primary N) is 1. The Kier molecular flexibility index (Phi) is 6.08. The number of methoxy groups -OCH3 is 1. The molecular weight excluding hydrogens is 436 g/mol. The zero-order chi connectivity index (χ0) is 22.7. The van der Waals surface area contributed by atoms with Crippen molar-refractivity contribution < 1.29 is 17.9 Å². The highest BCUT2D eigenvalue weighted by atomic mass is 32.2. The highest BCUT2D eigenvalue weighted by Crippen LogP contribution is 2.33. The Labute approximate surface area is 184 Å². The molecule has 3 aromatic rings. The van der Waals surface area contributed by atoms with Gasteiger partial charge in [-0.2, -0.15) is 4.31 Å². The predicted octanol–water partition coefficient (Wildman–Crippen LogP) is 2.19. The first-order valence-electron chi connectivity index (χ1n) is 9.75. The summed E-state index contributed by atoms with van der Waals surface area (Å²) >= 11 is 0. The Morgan fingerprint density at radius 3 is 2.50 bits per heavy atom. The van der Waals surface area contributed by atoms with Crippen LogP contribution in [0.3, 0.4) is 0 Å². The van der Waals surface area contributed by atoms with Gasteiger partial charge >= 0.3 is 5.56 Å². The Morgan fingerprint density at radius 1 is 1.09 bits per heavy atom. The van der Waals surface area contributed by atoms with E-state index in [0.29, 0.717) is 24.7 Å². The van der Waals surface area contributed by atoms with Gasteiger partial charge in [0, 0.05) is 19.2 Å². The van der Waals surface area contributed by atoms with Crippen molar-refractivity contribution in [1.29, 1.82) is 0 Å². The average Bonchev–Trinajstić information content (AvgIpc) is 3.11. The number of rotatable bonds is 6. The van der Waals surface area contributed by atoms with Crippen molar-refractivity contribution in [2.24, 2.45) is 10.2 Å². The first kappa shape index (κ1) is 21.7. The van der Waals surface area contributed by atoms with E-state index in [0.717, 1.165) is 0 Å². The third-order valence-electron chi connectivity index (χ3n) is 4.92. The van der Waals surface area contributed by atoms with Crippen molar-refractivity contribution >= 4 is 27.2 Å². The molecule has 0 spiro atoms. The number of aromatic amines is 1. The van der Waals surface area contributed by atoms with Crippen LogP contribution in [0, 0.1) is 0 Å². The number of aromatic nitrogens is 2. The molecule has 12 heteroatoms. The zero-order valence-corrected chi connectivity index (χ0v) is 18.1. The van der Waals surface area contributed by atoms with Gasteiger partial charge in [-0.25, -0.2) is 13.1 Å². The van der Waals surface area contributed by atoms with E-state index in [-0.39, 0.29) is 35.2 Å². The van der Waals surface area contributed by atoms with Crippen molar-refractivity contribution in [3.8, 4) is 11.4 Å². The van der Waals surface area contributed by atoms with Crippen LogP contribution in [0.4, 0.5) is 17.2 Å². The van der Waals surface area contributed by atoms with E-state index in [9.17, 15) is 13.2 Å². The molecule has 0 bridgehead atoms. The minimum absolute atomic E-state index is 0.00286. The van der Waals surface area contributed by atoms with Crippen LogP contribution in [0.1, 0.15) is 0 Å². The average molecular weight is 459 g/mol. The maximum Gasteiger partial charge on any atom is 0.301 e. The number of H-pyrrole nitrogens is 1. The molecule has 0 amide bonds. The molecule has 3 N–H and O–H groups in total. The van der Waals surface area contributed by atoms with Crippen LogP contribution in [-0.2, 0) is 14.8 Å². The van der Waals surface area contributed by atoms with E-state index in [1.807, 2.05) is 6.07 Å². The van der Waals surface area contributed by atoms with E-state index in [1.165, 1.54) is 34.3 Å². The number of hydrogen-bond acceptors (Lipinski definition) is 8. The van der Waals surface area contributed by atoms with Gasteiger partial charge in [0.2, 0.25) is 10.0 Å². The van der Waals surface area contributed by atoms with E-state index in [1.54, 1.807) is 24.3 Å². The van der Waals surface area contributed by atoms with Gasteiger partial charge in [0.05, 0.1) is 26.0 Å². The van der Waals surface area contributed by atoms with Gasteiger partial charge in [-0.15, -0.1) is 10.2 Å². The lowest BCUT2D eigenvalue weighted by atomic mass is 10.3. The lowest BCUT2D eigenvalue weighted by molar-refractivity contribution is 0.0730. The largest absolute Gasteiger partial charge is 0.497 e. The molecule has 1 aliphatic rings. The lowest BCUT2D eigenvalue weighted by Crippen LogP contribution is -2.40. The molecule has 2 aromatic carbocycles. The van der Waals surface area contributed by atoms with Gasteiger partial charge in [0.15, 0.2) is 5.69 Å². The zero-order valence-electron chi connectivity index (χ0n) is 17.3. The molecule has 32 heavy (non-hydrogen) atoms. The Hall–Kier alpha value is -3.48. The molecule has 0 unspecified atom stereocenters. The maximum absolute atomic E-state index is 13.2. The summed E-state index contributed by atoms with van der Waals surface area (Å²) in [5.41, 5.74) is 5.90. The van der Waals surface area contributed by atoms with Crippen LogP contribution >= 0.6 is 0 Å². The molecule has 168 valence electrons. The second-order valence-corrected chi connectivity index (χ2v) is 8.81. The number of benzene rings is 2. The van der Waals surface area contributed by atoms with Crippen LogP contribution < -0.4 is 16.0 Å². The molecule has 4 rings (SSSR count). The monoisotopic (exact) mass is 458 g/mol. The molecule has 0 aliphatic carbocycles. The van der Waals surface area contributed by atoms with Crippen LogP contribution in [0.15, 0.2) is 68.4 Å². The number of morpholine rings is 1. The van der Waals surface area contributed by atoms with Crippen molar-refractivity contribution in [1.82, 2.24) is 14.1 Å². The molecule has 1 aliphatic heterocycles. The minimum atomic E-state index is -3.86. The van der Waals surface area contributed by atoms with Crippen LogP contribution in [0.5, 0.6) is 5.75 Å². The second kappa shape index (κ2) is 8.94. The predicted molar refractivity (Wildman–Crippen MR) is 118 cm³/mol. The quantitative estimate of drug-likeness (QED) is 0.542. The van der Waals surface area contributed by atoms with E-state index >= 15 is 0 Å². The summed E-state index contributed by atoms with van der Waals surface area (Å²) in [6.45, 7) is 1.09. The second-order valence-electron chi connectivity index (χ2n) is 6.90. The van der Waals surface area contributed by atoms with Gasteiger partial charge < -0.3 is 15.2 Å². The number of nitrogen functional groups attached to an aromatic ring is 1. The molecular formula is C20H22N6O5S. The van der Waals surface area contributed by atoms with Gasteiger partial charge in [0.25, 0.3) is 0 Å². The van der Waals surface area contributed by atoms with Crippen LogP contribution in [0.2, 0.25) is 0 Å². The topological polar surface area (TPSA) is 144 Å². The Balaban J connectivity index is 1.75. The molecule has 0 saturated carbocycles. The third-order valence-corrected chi connectivity index (χ3v) is 6.87. The molecule has 11 nitrogen and oxygen atoms in total. The number of anilines is 1. The van der Waals surface area contributed by atoms with E-state index in [4.69, 9.17) is 15.2 Å². The standard InChI is InChI=1S/C20H22N6O5S/c1-30-15-7-8-17(32(28,29)25-9-11-31-12-10-25)16(13-15)22-23-18-19(21)24-26(20(18)27)14-5-3-2-4-6-14/h2-8,13,24H,9-12,21H2,1H3. The normalized spacial score (nSPS) is 15.3. The number of hydrogen-bond donors (Lipinski definition) is 2. The first-order chi connectivity index (χ1) is 15.4. The Morgan fingerprint density at radius 2 is 1.81 bits per heavy atom. The number of azo groups is 1. The summed E-state index contributed by atoms with van der Waals surface area (Å²) in [7, 11) is -2.40. The molecule has 1 aromatic heterocycles. The molecule has 0 radical (unpaired) electrons. The highest BCUT2D eigenvalue weighted by molar-refractivity contribution is 7.89. The fourth-order valence-corrected chi connectivity index (χ4v) is 4.76. The van der Waals surface area contributed by atoms with E-state index in [2.05, 4.69) is 15.3 Å². The third kappa shape index (κ3) is 4.15. The molecule has 1 saturated heterocycles. The number of sulfonamides is 1. The Bertz CT molecular complexity index is 1290. The van der Waals surface area contributed by atoms with Crippen molar-refractivity contribution in [2.75, 3.05) is 39.1 Å². The van der Waals surface area contributed by atoms with Gasteiger partial charge in [-0.1, -0.05) is 18.2 Å².